The van der Waals surface area contributed by atoms with Crippen molar-refractivity contribution in [1.29, 1.82) is 0 Å². The molecular weight excluding hydrogens is 402 g/mol. The predicted molar refractivity (Wildman–Crippen MR) is 114 cm³/mol. The Labute approximate surface area is 177 Å². The summed E-state index contributed by atoms with van der Waals surface area (Å²) in [6.07, 6.45) is 0.491. The van der Waals surface area contributed by atoms with Gasteiger partial charge in [-0.1, -0.05) is 12.1 Å². The molecule has 162 valence electrons. The summed E-state index contributed by atoms with van der Waals surface area (Å²) in [7, 11) is 2.84. The van der Waals surface area contributed by atoms with Crippen LogP contribution in [0.5, 0.6) is 5.75 Å². The summed E-state index contributed by atoms with van der Waals surface area (Å²) < 4.78 is 10.8. The fourth-order valence-electron chi connectivity index (χ4n) is 3.13. The fourth-order valence-corrected chi connectivity index (χ4v) is 3.13. The van der Waals surface area contributed by atoms with E-state index in [1.54, 1.807) is 7.11 Å². The third-order valence-corrected chi connectivity index (χ3v) is 4.84. The minimum absolute atomic E-state index is 0.0960. The summed E-state index contributed by atoms with van der Waals surface area (Å²) in [5.41, 5.74) is 0.345. The van der Waals surface area contributed by atoms with Gasteiger partial charge >= 0.3 is 11.7 Å². The number of methoxy groups -OCH3 is 2. The Bertz CT molecular complexity index is 1210. The van der Waals surface area contributed by atoms with Gasteiger partial charge in [0.2, 0.25) is 5.91 Å². The SMILES string of the molecule is COC(=O)c1ccc2c(=O)n(CCCC(=O)NCc3ccc(OC)cc3)c(=O)[nH]c2c1. The lowest BCUT2D eigenvalue weighted by Crippen LogP contribution is -2.35. The van der Waals surface area contributed by atoms with Gasteiger partial charge in [-0.25, -0.2) is 9.59 Å². The number of carbonyl (C=O) groups excluding carboxylic acids is 2. The predicted octanol–water partition coefficient (Wildman–Crippen LogP) is 1.58. The van der Waals surface area contributed by atoms with Crippen molar-refractivity contribution in [2.75, 3.05) is 14.2 Å². The fraction of sp³-hybridized carbons (Fsp3) is 0.273. The van der Waals surface area contributed by atoms with Crippen molar-refractivity contribution in [1.82, 2.24) is 14.9 Å². The number of aromatic nitrogens is 2. The molecule has 0 radical (unpaired) electrons. The molecule has 9 heteroatoms. The summed E-state index contributed by atoms with van der Waals surface area (Å²) in [4.78, 5) is 51.3. The highest BCUT2D eigenvalue weighted by molar-refractivity contribution is 5.93. The van der Waals surface area contributed by atoms with E-state index in [2.05, 4.69) is 15.0 Å². The van der Waals surface area contributed by atoms with Crippen LogP contribution in [-0.4, -0.2) is 35.6 Å². The first-order valence-electron chi connectivity index (χ1n) is 9.67. The minimum Gasteiger partial charge on any atom is -0.497 e. The number of esters is 1. The van der Waals surface area contributed by atoms with Crippen molar-refractivity contribution in [2.45, 2.75) is 25.9 Å². The number of H-pyrrole nitrogens is 1. The van der Waals surface area contributed by atoms with Crippen LogP contribution in [0.25, 0.3) is 10.9 Å². The van der Waals surface area contributed by atoms with E-state index >= 15 is 0 Å². The molecule has 1 heterocycles. The van der Waals surface area contributed by atoms with Crippen LogP contribution in [0.2, 0.25) is 0 Å². The second-order valence-corrected chi connectivity index (χ2v) is 6.87. The smallest absolute Gasteiger partial charge is 0.337 e. The lowest BCUT2D eigenvalue weighted by atomic mass is 10.1. The molecule has 0 spiro atoms. The van der Waals surface area contributed by atoms with E-state index in [0.717, 1.165) is 15.9 Å². The molecule has 0 aliphatic heterocycles. The molecule has 0 fully saturated rings. The van der Waals surface area contributed by atoms with E-state index in [1.807, 2.05) is 24.3 Å². The van der Waals surface area contributed by atoms with Gasteiger partial charge in [0.05, 0.1) is 30.7 Å². The Hall–Kier alpha value is -3.88. The Morgan fingerprint density at radius 1 is 1.06 bits per heavy atom. The molecule has 9 nitrogen and oxygen atoms in total. The van der Waals surface area contributed by atoms with Crippen molar-refractivity contribution in [2.24, 2.45) is 0 Å². The van der Waals surface area contributed by atoms with Crippen LogP contribution in [-0.2, 0) is 22.6 Å². The van der Waals surface area contributed by atoms with Crippen LogP contribution < -0.4 is 21.3 Å². The van der Waals surface area contributed by atoms with Gasteiger partial charge in [0, 0.05) is 19.5 Å². The lowest BCUT2D eigenvalue weighted by Gasteiger charge is -2.08. The van der Waals surface area contributed by atoms with Crippen LogP contribution in [0.15, 0.2) is 52.1 Å². The molecule has 2 N–H and O–H groups in total. The van der Waals surface area contributed by atoms with Crippen LogP contribution in [0, 0.1) is 0 Å². The standard InChI is InChI=1S/C22H23N3O6/c1-30-16-8-5-14(6-9-16)13-23-19(26)4-3-11-25-20(27)17-10-7-15(21(28)31-2)12-18(17)24-22(25)29/h5-10,12H,3-4,11,13H2,1-2H3,(H,23,26)(H,24,29). The Morgan fingerprint density at radius 3 is 2.48 bits per heavy atom. The summed E-state index contributed by atoms with van der Waals surface area (Å²) in [5, 5.41) is 3.08. The number of rotatable bonds is 8. The van der Waals surface area contributed by atoms with E-state index < -0.39 is 17.2 Å². The zero-order chi connectivity index (χ0) is 22.4. The van der Waals surface area contributed by atoms with Crippen LogP contribution in [0.1, 0.15) is 28.8 Å². The molecule has 3 rings (SSSR count). The topological polar surface area (TPSA) is 119 Å². The molecule has 31 heavy (non-hydrogen) atoms. The largest absolute Gasteiger partial charge is 0.497 e. The number of aromatic amines is 1. The summed E-state index contributed by atoms with van der Waals surface area (Å²) >= 11 is 0. The quantitative estimate of drug-likeness (QED) is 0.529. The first-order valence-corrected chi connectivity index (χ1v) is 9.67. The number of amides is 1. The number of carbonyl (C=O) groups is 2. The van der Waals surface area contributed by atoms with Crippen molar-refractivity contribution < 1.29 is 19.1 Å². The molecule has 0 saturated heterocycles. The first-order chi connectivity index (χ1) is 14.9. The molecular formula is C22H23N3O6. The highest BCUT2D eigenvalue weighted by Gasteiger charge is 2.12. The maximum Gasteiger partial charge on any atom is 0.337 e. The van der Waals surface area contributed by atoms with Crippen LogP contribution in [0.3, 0.4) is 0 Å². The molecule has 1 aromatic heterocycles. The molecule has 0 unspecified atom stereocenters. The number of nitrogens with zero attached hydrogens (tertiary/aromatic N) is 1. The summed E-state index contributed by atoms with van der Waals surface area (Å²) in [5.74, 6) is -0.000898. The van der Waals surface area contributed by atoms with E-state index in [0.29, 0.717) is 13.0 Å². The summed E-state index contributed by atoms with van der Waals surface area (Å²) in [6.45, 7) is 0.473. The molecule has 1 amide bonds. The normalized spacial score (nSPS) is 10.6. The first kappa shape index (κ1) is 21.8. The van der Waals surface area contributed by atoms with Crippen molar-refractivity contribution in [3.8, 4) is 5.75 Å². The van der Waals surface area contributed by atoms with Gasteiger partial charge in [-0.2, -0.15) is 0 Å². The number of nitrogens with one attached hydrogen (secondary N) is 2. The van der Waals surface area contributed by atoms with Gasteiger partial charge in [-0.15, -0.1) is 0 Å². The van der Waals surface area contributed by atoms with Gasteiger partial charge in [-0.05, 0) is 42.3 Å². The van der Waals surface area contributed by atoms with E-state index in [-0.39, 0.29) is 35.3 Å². The van der Waals surface area contributed by atoms with Gasteiger partial charge in [0.25, 0.3) is 5.56 Å². The number of hydrogen-bond acceptors (Lipinski definition) is 6. The van der Waals surface area contributed by atoms with E-state index in [1.165, 1.54) is 25.3 Å². The van der Waals surface area contributed by atoms with Gasteiger partial charge in [-0.3, -0.25) is 14.2 Å². The Balaban J connectivity index is 1.61. The van der Waals surface area contributed by atoms with Crippen LogP contribution in [0.4, 0.5) is 0 Å². The Morgan fingerprint density at radius 2 is 1.81 bits per heavy atom. The average molecular weight is 425 g/mol. The van der Waals surface area contributed by atoms with Gasteiger partial charge in [0.15, 0.2) is 0 Å². The molecule has 0 bridgehead atoms. The lowest BCUT2D eigenvalue weighted by molar-refractivity contribution is -0.121. The monoisotopic (exact) mass is 425 g/mol. The third-order valence-electron chi connectivity index (χ3n) is 4.84. The molecule has 2 aromatic carbocycles. The highest BCUT2D eigenvalue weighted by atomic mass is 16.5. The molecule has 0 aliphatic rings. The number of fused-ring (bicyclic) bond motifs is 1. The molecule has 0 aliphatic carbocycles. The zero-order valence-corrected chi connectivity index (χ0v) is 17.3. The minimum atomic E-state index is -0.599. The maximum absolute atomic E-state index is 12.7. The second kappa shape index (κ2) is 9.75. The molecule has 3 aromatic rings. The van der Waals surface area contributed by atoms with Crippen LogP contribution >= 0.6 is 0 Å². The van der Waals surface area contributed by atoms with E-state index in [4.69, 9.17) is 4.74 Å². The Kier molecular flexibility index (Phi) is 6.86. The maximum atomic E-state index is 12.7. The number of hydrogen-bond donors (Lipinski definition) is 2. The van der Waals surface area contributed by atoms with Crippen molar-refractivity contribution in [3.05, 3.63) is 74.4 Å². The van der Waals surface area contributed by atoms with Crippen molar-refractivity contribution in [3.63, 3.8) is 0 Å². The van der Waals surface area contributed by atoms with E-state index in [9.17, 15) is 19.2 Å². The van der Waals surface area contributed by atoms with Gasteiger partial charge in [0.1, 0.15) is 5.75 Å². The molecule has 0 atom stereocenters. The highest BCUT2D eigenvalue weighted by Crippen LogP contribution is 2.12. The van der Waals surface area contributed by atoms with Gasteiger partial charge < -0.3 is 19.8 Å². The summed E-state index contributed by atoms with van der Waals surface area (Å²) in [6, 6.07) is 11.7. The third kappa shape index (κ3) is 5.19. The number of ether oxygens (including phenoxy) is 2. The van der Waals surface area contributed by atoms with Crippen molar-refractivity contribution >= 4 is 22.8 Å². The number of benzene rings is 2. The zero-order valence-electron chi connectivity index (χ0n) is 17.3. The average Bonchev–Trinajstić information content (AvgIpc) is 2.79. The molecule has 0 saturated carbocycles. The second-order valence-electron chi connectivity index (χ2n) is 6.87.